The first-order valence-electron chi connectivity index (χ1n) is 5.80. The summed E-state index contributed by atoms with van der Waals surface area (Å²) in [6, 6.07) is 9.85. The molecule has 3 nitrogen and oxygen atoms in total. The van der Waals surface area contributed by atoms with Gasteiger partial charge in [0.25, 0.3) is 5.91 Å². The number of amides is 1. The lowest BCUT2D eigenvalue weighted by molar-refractivity contribution is -0.149. The van der Waals surface area contributed by atoms with Crippen molar-refractivity contribution >= 4 is 5.91 Å². The highest BCUT2D eigenvalue weighted by atomic mass is 16.2. The topological polar surface area (TPSA) is 32.3 Å². The lowest BCUT2D eigenvalue weighted by Crippen LogP contribution is -2.61. The molecule has 3 heteroatoms. The zero-order valence-electron chi connectivity index (χ0n) is 9.81. The Morgan fingerprint density at radius 2 is 2.00 bits per heavy atom. The summed E-state index contributed by atoms with van der Waals surface area (Å²) in [5.41, 5.74) is 3.92. The Labute approximate surface area is 96.4 Å². The third kappa shape index (κ3) is 2.25. The molecule has 1 fully saturated rings. The lowest BCUT2D eigenvalue weighted by Gasteiger charge is -2.40. The van der Waals surface area contributed by atoms with E-state index in [0.717, 1.165) is 18.5 Å². The molecule has 0 saturated carbocycles. The van der Waals surface area contributed by atoms with Gasteiger partial charge in [-0.05, 0) is 17.9 Å². The summed E-state index contributed by atoms with van der Waals surface area (Å²) in [5.74, 6) is 0.767. The van der Waals surface area contributed by atoms with Crippen molar-refractivity contribution in [3.05, 3.63) is 35.9 Å². The third-order valence-corrected chi connectivity index (χ3v) is 2.88. The Bertz CT molecular complexity index is 361. The van der Waals surface area contributed by atoms with Crippen molar-refractivity contribution in [3.63, 3.8) is 0 Å². The van der Waals surface area contributed by atoms with Crippen molar-refractivity contribution in [1.29, 1.82) is 0 Å². The minimum atomic E-state index is -0.0834. The van der Waals surface area contributed by atoms with Gasteiger partial charge in [0, 0.05) is 6.54 Å². The van der Waals surface area contributed by atoms with Crippen LogP contribution >= 0.6 is 0 Å². The van der Waals surface area contributed by atoms with Crippen LogP contribution in [0.2, 0.25) is 0 Å². The SMILES string of the molecule is CC(C)CCN1NC(=O)C1c1ccccc1. The van der Waals surface area contributed by atoms with Crippen LogP contribution in [-0.2, 0) is 4.79 Å². The van der Waals surface area contributed by atoms with Crippen LogP contribution in [0.25, 0.3) is 0 Å². The molecule has 1 heterocycles. The normalized spacial score (nSPS) is 20.7. The second-order valence-electron chi connectivity index (χ2n) is 4.67. The van der Waals surface area contributed by atoms with Gasteiger partial charge in [0.1, 0.15) is 6.04 Å². The highest BCUT2D eigenvalue weighted by Crippen LogP contribution is 2.26. The van der Waals surface area contributed by atoms with E-state index in [0.29, 0.717) is 5.92 Å². The fourth-order valence-corrected chi connectivity index (χ4v) is 1.89. The van der Waals surface area contributed by atoms with Gasteiger partial charge in [-0.25, -0.2) is 5.01 Å². The molecule has 2 rings (SSSR count). The molecule has 0 aliphatic carbocycles. The van der Waals surface area contributed by atoms with Gasteiger partial charge < -0.3 is 0 Å². The number of nitrogens with zero attached hydrogens (tertiary/aromatic N) is 1. The number of benzene rings is 1. The second-order valence-corrected chi connectivity index (χ2v) is 4.67. The summed E-state index contributed by atoms with van der Waals surface area (Å²) in [4.78, 5) is 11.5. The zero-order chi connectivity index (χ0) is 11.5. The molecule has 0 spiro atoms. The minimum Gasteiger partial charge on any atom is -0.286 e. The lowest BCUT2D eigenvalue weighted by atomic mass is 10.0. The van der Waals surface area contributed by atoms with E-state index < -0.39 is 0 Å². The van der Waals surface area contributed by atoms with Crippen molar-refractivity contribution in [1.82, 2.24) is 10.4 Å². The highest BCUT2D eigenvalue weighted by Gasteiger charge is 2.37. The van der Waals surface area contributed by atoms with E-state index in [1.165, 1.54) is 0 Å². The molecular formula is C13H18N2O. The van der Waals surface area contributed by atoms with Crippen LogP contribution in [-0.4, -0.2) is 17.5 Å². The maximum atomic E-state index is 11.5. The van der Waals surface area contributed by atoms with Crippen molar-refractivity contribution in [2.45, 2.75) is 26.3 Å². The number of rotatable bonds is 4. The molecule has 1 aliphatic rings. The summed E-state index contributed by atoms with van der Waals surface area (Å²) < 4.78 is 0. The van der Waals surface area contributed by atoms with Gasteiger partial charge in [-0.2, -0.15) is 0 Å². The number of carbonyl (C=O) groups is 1. The number of nitrogens with one attached hydrogen (secondary N) is 1. The van der Waals surface area contributed by atoms with Crippen molar-refractivity contribution in [2.24, 2.45) is 5.92 Å². The monoisotopic (exact) mass is 218 g/mol. The summed E-state index contributed by atoms with van der Waals surface area (Å²) in [5, 5.41) is 2.03. The number of carbonyl (C=O) groups excluding carboxylic acids is 1. The van der Waals surface area contributed by atoms with Crippen LogP contribution in [0.1, 0.15) is 31.9 Å². The fraction of sp³-hybridized carbons (Fsp3) is 0.462. The van der Waals surface area contributed by atoms with Crippen LogP contribution in [0.3, 0.4) is 0 Å². The minimum absolute atomic E-state index is 0.0834. The molecule has 0 aromatic heterocycles. The number of hydrogen-bond acceptors (Lipinski definition) is 2. The van der Waals surface area contributed by atoms with Gasteiger partial charge in [-0.3, -0.25) is 10.2 Å². The van der Waals surface area contributed by atoms with E-state index >= 15 is 0 Å². The molecular weight excluding hydrogens is 200 g/mol. The first-order chi connectivity index (χ1) is 7.68. The van der Waals surface area contributed by atoms with E-state index in [-0.39, 0.29) is 11.9 Å². The average Bonchev–Trinajstić information content (AvgIpc) is 2.25. The smallest absolute Gasteiger partial charge is 0.258 e. The Balaban J connectivity index is 2.00. The summed E-state index contributed by atoms with van der Waals surface area (Å²) in [6.45, 7) is 5.31. The molecule has 1 saturated heterocycles. The van der Waals surface area contributed by atoms with E-state index in [1.807, 2.05) is 35.3 Å². The Hall–Kier alpha value is -1.35. The molecule has 1 unspecified atom stereocenters. The Morgan fingerprint density at radius 1 is 1.31 bits per heavy atom. The molecule has 1 N–H and O–H groups in total. The highest BCUT2D eigenvalue weighted by molar-refractivity contribution is 5.87. The van der Waals surface area contributed by atoms with Crippen molar-refractivity contribution in [3.8, 4) is 0 Å². The quantitative estimate of drug-likeness (QED) is 0.839. The molecule has 0 radical (unpaired) electrons. The van der Waals surface area contributed by atoms with E-state index in [9.17, 15) is 4.79 Å². The molecule has 86 valence electrons. The zero-order valence-corrected chi connectivity index (χ0v) is 9.81. The third-order valence-electron chi connectivity index (χ3n) is 2.88. The largest absolute Gasteiger partial charge is 0.286 e. The van der Waals surface area contributed by atoms with Crippen LogP contribution in [0, 0.1) is 5.92 Å². The van der Waals surface area contributed by atoms with Gasteiger partial charge in [-0.15, -0.1) is 0 Å². The molecule has 1 aliphatic heterocycles. The molecule has 1 amide bonds. The maximum Gasteiger partial charge on any atom is 0.258 e. The fourth-order valence-electron chi connectivity index (χ4n) is 1.89. The molecule has 16 heavy (non-hydrogen) atoms. The van der Waals surface area contributed by atoms with Crippen molar-refractivity contribution in [2.75, 3.05) is 6.54 Å². The molecule has 0 bridgehead atoms. The van der Waals surface area contributed by atoms with Gasteiger partial charge in [0.2, 0.25) is 0 Å². The number of hydrazine groups is 1. The second kappa shape index (κ2) is 4.66. The summed E-state index contributed by atoms with van der Waals surface area (Å²) in [6.07, 6.45) is 1.10. The van der Waals surface area contributed by atoms with Gasteiger partial charge in [-0.1, -0.05) is 44.2 Å². The Morgan fingerprint density at radius 3 is 2.56 bits per heavy atom. The predicted molar refractivity (Wildman–Crippen MR) is 63.5 cm³/mol. The standard InChI is InChI=1S/C13H18N2O/c1-10(2)8-9-15-12(13(16)14-15)11-6-4-3-5-7-11/h3-7,10,12H,8-9H2,1-2H3,(H,14,16). The van der Waals surface area contributed by atoms with Crippen LogP contribution < -0.4 is 5.43 Å². The van der Waals surface area contributed by atoms with Crippen LogP contribution in [0.4, 0.5) is 0 Å². The van der Waals surface area contributed by atoms with E-state index in [1.54, 1.807) is 0 Å². The van der Waals surface area contributed by atoms with Crippen molar-refractivity contribution < 1.29 is 4.79 Å². The summed E-state index contributed by atoms with van der Waals surface area (Å²) >= 11 is 0. The van der Waals surface area contributed by atoms with Crippen LogP contribution in [0.5, 0.6) is 0 Å². The molecule has 1 aromatic rings. The summed E-state index contributed by atoms with van der Waals surface area (Å²) in [7, 11) is 0. The van der Waals surface area contributed by atoms with E-state index in [4.69, 9.17) is 0 Å². The first kappa shape index (κ1) is 11.1. The van der Waals surface area contributed by atoms with Crippen LogP contribution in [0.15, 0.2) is 30.3 Å². The maximum absolute atomic E-state index is 11.5. The Kier molecular flexibility index (Phi) is 3.25. The first-order valence-corrected chi connectivity index (χ1v) is 5.80. The van der Waals surface area contributed by atoms with Gasteiger partial charge in [0.15, 0.2) is 0 Å². The number of hydrogen-bond donors (Lipinski definition) is 1. The molecule has 1 atom stereocenters. The van der Waals surface area contributed by atoms with Gasteiger partial charge >= 0.3 is 0 Å². The van der Waals surface area contributed by atoms with E-state index in [2.05, 4.69) is 19.3 Å². The van der Waals surface area contributed by atoms with Gasteiger partial charge in [0.05, 0.1) is 0 Å². The predicted octanol–water partition coefficient (Wildman–Crippen LogP) is 2.12. The average molecular weight is 218 g/mol. The molecule has 1 aromatic carbocycles.